The summed E-state index contributed by atoms with van der Waals surface area (Å²) < 4.78 is 5.11. The molecule has 0 aliphatic carbocycles. The highest BCUT2D eigenvalue weighted by Crippen LogP contribution is 2.14. The third-order valence-corrected chi connectivity index (χ3v) is 2.43. The fourth-order valence-electron chi connectivity index (χ4n) is 1.35. The number of benzene rings is 1. The Morgan fingerprint density at radius 1 is 1.50 bits per heavy atom. The van der Waals surface area contributed by atoms with Gasteiger partial charge in [-0.25, -0.2) is 4.79 Å². The van der Waals surface area contributed by atoms with E-state index >= 15 is 0 Å². The number of anilines is 1. The Kier molecular flexibility index (Phi) is 4.79. The molecule has 0 saturated carbocycles. The van der Waals surface area contributed by atoms with Crippen molar-refractivity contribution in [2.45, 2.75) is 19.4 Å². The highest BCUT2D eigenvalue weighted by Gasteiger charge is 2.08. The van der Waals surface area contributed by atoms with E-state index in [0.717, 1.165) is 6.42 Å². The van der Waals surface area contributed by atoms with Gasteiger partial charge in [-0.1, -0.05) is 12.1 Å². The van der Waals surface area contributed by atoms with Gasteiger partial charge < -0.3 is 15.2 Å². The molecule has 4 nitrogen and oxygen atoms in total. The van der Waals surface area contributed by atoms with Crippen molar-refractivity contribution >= 4 is 11.7 Å². The van der Waals surface area contributed by atoms with Crippen LogP contribution in [0, 0.1) is 0 Å². The molecule has 0 bridgehead atoms. The van der Waals surface area contributed by atoms with E-state index in [0.29, 0.717) is 17.8 Å². The van der Waals surface area contributed by atoms with Crippen molar-refractivity contribution in [3.05, 3.63) is 29.8 Å². The van der Waals surface area contributed by atoms with Crippen molar-refractivity contribution in [3.8, 4) is 0 Å². The zero-order valence-corrected chi connectivity index (χ0v) is 9.56. The summed E-state index contributed by atoms with van der Waals surface area (Å²) in [6.45, 7) is 2.67. The Morgan fingerprint density at radius 3 is 2.81 bits per heavy atom. The van der Waals surface area contributed by atoms with E-state index in [1.54, 1.807) is 25.3 Å². The molecule has 0 spiro atoms. The van der Waals surface area contributed by atoms with Crippen LogP contribution in [0.25, 0.3) is 0 Å². The van der Waals surface area contributed by atoms with Gasteiger partial charge in [0, 0.05) is 19.3 Å². The van der Waals surface area contributed by atoms with Crippen LogP contribution >= 0.6 is 0 Å². The van der Waals surface area contributed by atoms with Gasteiger partial charge >= 0.3 is 5.97 Å². The Labute approximate surface area is 95.2 Å². The molecule has 1 aromatic carbocycles. The summed E-state index contributed by atoms with van der Waals surface area (Å²) in [5, 5.41) is 12.1. The summed E-state index contributed by atoms with van der Waals surface area (Å²) in [6.07, 6.45) is 1.01. The van der Waals surface area contributed by atoms with Gasteiger partial charge in [0.15, 0.2) is 0 Å². The van der Waals surface area contributed by atoms with Crippen molar-refractivity contribution in [1.29, 1.82) is 0 Å². The van der Waals surface area contributed by atoms with Gasteiger partial charge in [-0.15, -0.1) is 0 Å². The summed E-state index contributed by atoms with van der Waals surface area (Å²) in [6, 6.07) is 6.88. The monoisotopic (exact) mass is 223 g/mol. The number of hydrogen-bond acceptors (Lipinski definition) is 3. The Morgan fingerprint density at radius 2 is 2.19 bits per heavy atom. The molecule has 1 unspecified atom stereocenters. The average molecular weight is 223 g/mol. The number of ether oxygens (including phenoxy) is 1. The third-order valence-electron chi connectivity index (χ3n) is 2.43. The molecule has 0 amide bonds. The molecule has 0 fully saturated rings. The van der Waals surface area contributed by atoms with Crippen molar-refractivity contribution < 1.29 is 14.6 Å². The van der Waals surface area contributed by atoms with Crippen molar-refractivity contribution in [2.75, 3.05) is 19.0 Å². The third kappa shape index (κ3) is 3.55. The van der Waals surface area contributed by atoms with Crippen molar-refractivity contribution in [3.63, 3.8) is 0 Å². The SMILES string of the molecule is COC(C)CCNc1ccccc1C(=O)O. The molecule has 4 heteroatoms. The Balaban J connectivity index is 2.56. The van der Waals surface area contributed by atoms with E-state index in [-0.39, 0.29) is 6.10 Å². The van der Waals surface area contributed by atoms with E-state index in [1.807, 2.05) is 13.0 Å². The second-order valence-corrected chi connectivity index (χ2v) is 3.61. The second kappa shape index (κ2) is 6.12. The summed E-state index contributed by atoms with van der Waals surface area (Å²) in [4.78, 5) is 10.9. The van der Waals surface area contributed by atoms with E-state index in [2.05, 4.69) is 5.32 Å². The lowest BCUT2D eigenvalue weighted by atomic mass is 10.1. The largest absolute Gasteiger partial charge is 0.478 e. The summed E-state index contributed by atoms with van der Waals surface area (Å²) >= 11 is 0. The van der Waals surface area contributed by atoms with Crippen LogP contribution in [-0.2, 0) is 4.74 Å². The van der Waals surface area contributed by atoms with Crippen LogP contribution in [0.3, 0.4) is 0 Å². The fourth-order valence-corrected chi connectivity index (χ4v) is 1.35. The predicted molar refractivity (Wildman–Crippen MR) is 63.0 cm³/mol. The molecule has 0 heterocycles. The maximum atomic E-state index is 10.9. The molecule has 1 aromatic rings. The number of hydrogen-bond donors (Lipinski definition) is 2. The first-order valence-electron chi connectivity index (χ1n) is 5.24. The molecular weight excluding hydrogens is 206 g/mol. The Bertz CT molecular complexity index is 352. The first-order chi connectivity index (χ1) is 7.65. The van der Waals surface area contributed by atoms with Crippen LogP contribution in [0.1, 0.15) is 23.7 Å². The number of nitrogens with one attached hydrogen (secondary N) is 1. The first kappa shape index (κ1) is 12.5. The van der Waals surface area contributed by atoms with Gasteiger partial charge in [0.25, 0.3) is 0 Å². The molecule has 0 aliphatic heterocycles. The Hall–Kier alpha value is -1.55. The lowest BCUT2D eigenvalue weighted by Crippen LogP contribution is -2.13. The fraction of sp³-hybridized carbons (Fsp3) is 0.417. The first-order valence-corrected chi connectivity index (χ1v) is 5.24. The number of carboxylic acid groups (broad SMARTS) is 1. The number of carbonyl (C=O) groups is 1. The van der Waals surface area contributed by atoms with Crippen LogP contribution in [-0.4, -0.2) is 30.8 Å². The normalized spacial score (nSPS) is 12.1. The van der Waals surface area contributed by atoms with Gasteiger partial charge in [0.1, 0.15) is 0 Å². The lowest BCUT2D eigenvalue weighted by Gasteiger charge is -2.12. The zero-order valence-electron chi connectivity index (χ0n) is 9.56. The number of carboxylic acids is 1. The van der Waals surface area contributed by atoms with E-state index in [1.165, 1.54) is 0 Å². The minimum absolute atomic E-state index is 0.171. The molecule has 0 radical (unpaired) electrons. The van der Waals surface area contributed by atoms with Crippen LogP contribution in [0.5, 0.6) is 0 Å². The molecule has 0 aromatic heterocycles. The van der Waals surface area contributed by atoms with Crippen molar-refractivity contribution in [2.24, 2.45) is 0 Å². The standard InChI is InChI=1S/C12H17NO3/c1-9(16-2)7-8-13-11-6-4-3-5-10(11)12(14)15/h3-6,9,13H,7-8H2,1-2H3,(H,14,15). The molecule has 0 aliphatic rings. The zero-order chi connectivity index (χ0) is 12.0. The van der Waals surface area contributed by atoms with E-state index in [9.17, 15) is 4.79 Å². The summed E-state index contributed by atoms with van der Waals surface area (Å²) in [5.74, 6) is -0.914. The molecular formula is C12H17NO3. The highest BCUT2D eigenvalue weighted by atomic mass is 16.5. The average Bonchev–Trinajstić information content (AvgIpc) is 2.29. The maximum Gasteiger partial charge on any atom is 0.337 e. The molecule has 2 N–H and O–H groups in total. The number of para-hydroxylation sites is 1. The van der Waals surface area contributed by atoms with Crippen molar-refractivity contribution in [1.82, 2.24) is 0 Å². The van der Waals surface area contributed by atoms with Crippen LogP contribution in [0.4, 0.5) is 5.69 Å². The molecule has 1 rings (SSSR count). The van der Waals surface area contributed by atoms with Crippen LogP contribution in [0.2, 0.25) is 0 Å². The topological polar surface area (TPSA) is 58.6 Å². The molecule has 16 heavy (non-hydrogen) atoms. The minimum Gasteiger partial charge on any atom is -0.478 e. The molecule has 88 valence electrons. The van der Waals surface area contributed by atoms with Gasteiger partial charge in [-0.3, -0.25) is 0 Å². The van der Waals surface area contributed by atoms with Gasteiger partial charge in [0.05, 0.1) is 11.7 Å². The van der Waals surface area contributed by atoms with Gasteiger partial charge in [-0.05, 0) is 25.5 Å². The second-order valence-electron chi connectivity index (χ2n) is 3.61. The number of methoxy groups -OCH3 is 1. The van der Waals surface area contributed by atoms with Gasteiger partial charge in [-0.2, -0.15) is 0 Å². The highest BCUT2D eigenvalue weighted by molar-refractivity contribution is 5.94. The lowest BCUT2D eigenvalue weighted by molar-refractivity contribution is 0.0698. The summed E-state index contributed by atoms with van der Waals surface area (Å²) in [5.41, 5.74) is 0.950. The maximum absolute atomic E-state index is 10.9. The predicted octanol–water partition coefficient (Wildman–Crippen LogP) is 2.22. The molecule has 0 saturated heterocycles. The quantitative estimate of drug-likeness (QED) is 0.776. The van der Waals surface area contributed by atoms with E-state index < -0.39 is 5.97 Å². The molecule has 1 atom stereocenters. The minimum atomic E-state index is -0.914. The van der Waals surface area contributed by atoms with Gasteiger partial charge in [0.2, 0.25) is 0 Å². The number of rotatable bonds is 6. The van der Waals surface area contributed by atoms with Crippen LogP contribution in [0.15, 0.2) is 24.3 Å². The van der Waals surface area contributed by atoms with Crippen LogP contribution < -0.4 is 5.32 Å². The number of aromatic carboxylic acids is 1. The smallest absolute Gasteiger partial charge is 0.337 e. The summed E-state index contributed by atoms with van der Waals surface area (Å²) in [7, 11) is 1.66. The van der Waals surface area contributed by atoms with E-state index in [4.69, 9.17) is 9.84 Å².